The number of hydrogen-bond donors (Lipinski definition) is 0. The van der Waals surface area contributed by atoms with Crippen LogP contribution in [0, 0.1) is 0 Å². The summed E-state index contributed by atoms with van der Waals surface area (Å²) < 4.78 is 17.9. The molecule has 0 N–H and O–H groups in total. The molecule has 2 aromatic carbocycles. The average molecular weight is 570 g/mol. The van der Waals surface area contributed by atoms with E-state index in [1.807, 2.05) is 37.4 Å². The van der Waals surface area contributed by atoms with Gasteiger partial charge >= 0.3 is 0 Å². The molecule has 6 nitrogen and oxygen atoms in total. The SMILES string of the molecule is COc1ccc(CCN(C)C(=O)c2ccc(CN(Cc3ccc(Br)cc3)C3CCCCC3)o2)cc1OC. The number of nitrogens with zero attached hydrogens (tertiary/aromatic N) is 2. The molecular formula is C30H37BrN2O4. The van der Waals surface area contributed by atoms with Gasteiger partial charge in [0.05, 0.1) is 20.8 Å². The molecule has 37 heavy (non-hydrogen) atoms. The van der Waals surface area contributed by atoms with E-state index in [0.29, 0.717) is 42.8 Å². The number of halogens is 1. The Kier molecular flexibility index (Phi) is 9.69. The molecule has 1 aromatic heterocycles. The summed E-state index contributed by atoms with van der Waals surface area (Å²) in [5.74, 6) is 2.50. The van der Waals surface area contributed by atoms with Crippen LogP contribution in [-0.4, -0.2) is 49.6 Å². The number of amides is 1. The van der Waals surface area contributed by atoms with Gasteiger partial charge in [0.15, 0.2) is 17.3 Å². The van der Waals surface area contributed by atoms with Gasteiger partial charge in [0.2, 0.25) is 0 Å². The van der Waals surface area contributed by atoms with Crippen LogP contribution in [-0.2, 0) is 19.5 Å². The molecule has 0 saturated heterocycles. The summed E-state index contributed by atoms with van der Waals surface area (Å²) >= 11 is 3.53. The van der Waals surface area contributed by atoms with Crippen molar-refractivity contribution < 1.29 is 18.7 Å². The van der Waals surface area contributed by atoms with Gasteiger partial charge in [-0.05, 0) is 66.8 Å². The van der Waals surface area contributed by atoms with E-state index in [1.165, 1.54) is 37.7 Å². The fourth-order valence-electron chi connectivity index (χ4n) is 4.99. The first-order chi connectivity index (χ1) is 18.0. The van der Waals surface area contributed by atoms with E-state index in [9.17, 15) is 4.79 Å². The Hall–Kier alpha value is -2.77. The molecule has 7 heteroatoms. The fourth-order valence-corrected chi connectivity index (χ4v) is 5.25. The molecular weight excluding hydrogens is 532 g/mol. The molecule has 1 amide bonds. The maximum atomic E-state index is 13.1. The summed E-state index contributed by atoms with van der Waals surface area (Å²) in [4.78, 5) is 17.3. The third-order valence-corrected chi connectivity index (χ3v) is 7.68. The van der Waals surface area contributed by atoms with Gasteiger partial charge in [-0.1, -0.05) is 53.4 Å². The fraction of sp³-hybridized carbons (Fsp3) is 0.433. The van der Waals surface area contributed by atoms with Crippen molar-refractivity contribution in [1.29, 1.82) is 0 Å². The Bertz CT molecular complexity index is 1150. The predicted octanol–water partition coefficient (Wildman–Crippen LogP) is 6.71. The number of likely N-dealkylation sites (N-methyl/N-ethyl adjacent to an activating group) is 1. The van der Waals surface area contributed by atoms with Crippen LogP contribution >= 0.6 is 15.9 Å². The van der Waals surface area contributed by atoms with Crippen molar-refractivity contribution in [1.82, 2.24) is 9.80 Å². The molecule has 1 fully saturated rings. The van der Waals surface area contributed by atoms with Gasteiger partial charge in [-0.15, -0.1) is 0 Å². The lowest BCUT2D eigenvalue weighted by atomic mass is 9.93. The zero-order valence-electron chi connectivity index (χ0n) is 22.0. The van der Waals surface area contributed by atoms with Crippen LogP contribution in [0.3, 0.4) is 0 Å². The largest absolute Gasteiger partial charge is 0.493 e. The van der Waals surface area contributed by atoms with Gasteiger partial charge in [0, 0.05) is 30.7 Å². The molecule has 1 aliphatic rings. The van der Waals surface area contributed by atoms with E-state index < -0.39 is 0 Å². The first kappa shape index (κ1) is 27.3. The van der Waals surface area contributed by atoms with E-state index in [1.54, 1.807) is 19.1 Å². The molecule has 1 aliphatic carbocycles. The summed E-state index contributed by atoms with van der Waals surface area (Å²) in [6, 6.07) is 18.7. The second-order valence-electron chi connectivity index (χ2n) is 9.76. The standard InChI is InChI=1S/C30H37BrN2O4/c1-32(18-17-22-11-15-27(35-2)29(19-22)36-3)30(34)28-16-14-26(37-28)21-33(25-7-5-4-6-8-25)20-23-9-12-24(31)13-10-23/h9-16,19,25H,4-8,17-18,20-21H2,1-3H3. The van der Waals surface area contributed by atoms with E-state index in [2.05, 4.69) is 45.1 Å². The summed E-state index contributed by atoms with van der Waals surface area (Å²) in [6.07, 6.45) is 6.99. The lowest BCUT2D eigenvalue weighted by Gasteiger charge is -2.34. The monoisotopic (exact) mass is 568 g/mol. The van der Waals surface area contributed by atoms with Crippen LogP contribution in [0.15, 0.2) is 63.5 Å². The van der Waals surface area contributed by atoms with Crippen molar-refractivity contribution in [3.05, 3.63) is 81.7 Å². The first-order valence-corrected chi connectivity index (χ1v) is 13.8. The zero-order valence-corrected chi connectivity index (χ0v) is 23.6. The molecule has 1 heterocycles. The van der Waals surface area contributed by atoms with Gasteiger partial charge < -0.3 is 18.8 Å². The number of rotatable bonds is 11. The van der Waals surface area contributed by atoms with Crippen molar-refractivity contribution in [2.24, 2.45) is 0 Å². The number of furan rings is 1. The predicted molar refractivity (Wildman–Crippen MR) is 149 cm³/mol. The van der Waals surface area contributed by atoms with Gasteiger partial charge in [0.1, 0.15) is 5.76 Å². The number of hydrogen-bond acceptors (Lipinski definition) is 5. The Morgan fingerprint density at radius 2 is 1.62 bits per heavy atom. The van der Waals surface area contributed by atoms with Crippen molar-refractivity contribution in [2.45, 2.75) is 57.7 Å². The first-order valence-electron chi connectivity index (χ1n) is 13.0. The summed E-state index contributed by atoms with van der Waals surface area (Å²) in [7, 11) is 5.06. The summed E-state index contributed by atoms with van der Waals surface area (Å²) in [6.45, 7) is 2.14. The zero-order chi connectivity index (χ0) is 26.2. The Balaban J connectivity index is 1.38. The Morgan fingerprint density at radius 3 is 2.32 bits per heavy atom. The Labute approximate surface area is 228 Å². The molecule has 0 aliphatic heterocycles. The molecule has 4 rings (SSSR count). The topological polar surface area (TPSA) is 55.2 Å². The minimum Gasteiger partial charge on any atom is -0.493 e. The van der Waals surface area contributed by atoms with E-state index in [0.717, 1.165) is 22.3 Å². The van der Waals surface area contributed by atoms with Crippen LogP contribution < -0.4 is 9.47 Å². The van der Waals surface area contributed by atoms with Gasteiger partial charge in [-0.2, -0.15) is 0 Å². The summed E-state index contributed by atoms with van der Waals surface area (Å²) in [5.41, 5.74) is 2.36. The molecule has 0 radical (unpaired) electrons. The van der Waals surface area contributed by atoms with Crippen LogP contribution in [0.2, 0.25) is 0 Å². The van der Waals surface area contributed by atoms with Crippen molar-refractivity contribution in [2.75, 3.05) is 27.8 Å². The van der Waals surface area contributed by atoms with E-state index in [4.69, 9.17) is 13.9 Å². The number of methoxy groups -OCH3 is 2. The lowest BCUT2D eigenvalue weighted by Crippen LogP contribution is -2.35. The molecule has 198 valence electrons. The number of carbonyl (C=O) groups excluding carboxylic acids is 1. The quantitative estimate of drug-likeness (QED) is 0.257. The third kappa shape index (κ3) is 7.39. The minimum absolute atomic E-state index is 0.108. The summed E-state index contributed by atoms with van der Waals surface area (Å²) in [5, 5.41) is 0. The maximum absolute atomic E-state index is 13.1. The maximum Gasteiger partial charge on any atom is 0.289 e. The normalized spacial score (nSPS) is 14.1. The molecule has 0 spiro atoms. The second-order valence-corrected chi connectivity index (χ2v) is 10.7. The lowest BCUT2D eigenvalue weighted by molar-refractivity contribution is 0.0757. The van der Waals surface area contributed by atoms with Crippen LogP contribution in [0.5, 0.6) is 11.5 Å². The number of benzene rings is 2. The number of carbonyl (C=O) groups is 1. The highest BCUT2D eigenvalue weighted by Gasteiger charge is 2.24. The smallest absolute Gasteiger partial charge is 0.289 e. The van der Waals surface area contributed by atoms with E-state index in [-0.39, 0.29) is 5.91 Å². The number of ether oxygens (including phenoxy) is 2. The minimum atomic E-state index is -0.108. The van der Waals surface area contributed by atoms with Gasteiger partial charge in [-0.3, -0.25) is 9.69 Å². The highest BCUT2D eigenvalue weighted by Crippen LogP contribution is 2.28. The molecule has 0 unspecified atom stereocenters. The average Bonchev–Trinajstić information content (AvgIpc) is 3.40. The van der Waals surface area contributed by atoms with Crippen molar-refractivity contribution in [3.8, 4) is 11.5 Å². The third-order valence-electron chi connectivity index (χ3n) is 7.15. The molecule has 3 aromatic rings. The van der Waals surface area contributed by atoms with Crippen LogP contribution in [0.4, 0.5) is 0 Å². The molecule has 0 atom stereocenters. The molecule has 1 saturated carbocycles. The van der Waals surface area contributed by atoms with Crippen molar-refractivity contribution >= 4 is 21.8 Å². The Morgan fingerprint density at radius 1 is 0.919 bits per heavy atom. The van der Waals surface area contributed by atoms with Gasteiger partial charge in [-0.25, -0.2) is 0 Å². The molecule has 0 bridgehead atoms. The van der Waals surface area contributed by atoms with Gasteiger partial charge in [0.25, 0.3) is 5.91 Å². The second kappa shape index (κ2) is 13.2. The van der Waals surface area contributed by atoms with E-state index >= 15 is 0 Å². The highest BCUT2D eigenvalue weighted by atomic mass is 79.9. The van der Waals surface area contributed by atoms with Crippen LogP contribution in [0.25, 0.3) is 0 Å². The van der Waals surface area contributed by atoms with Crippen molar-refractivity contribution in [3.63, 3.8) is 0 Å². The van der Waals surface area contributed by atoms with Crippen LogP contribution in [0.1, 0.15) is 59.5 Å². The highest BCUT2D eigenvalue weighted by molar-refractivity contribution is 9.10.